The molecule has 0 radical (unpaired) electrons. The third-order valence-corrected chi connectivity index (χ3v) is 3.71. The van der Waals surface area contributed by atoms with E-state index in [1.165, 1.54) is 6.07 Å². The molecule has 3 rings (SSSR count). The van der Waals surface area contributed by atoms with Crippen molar-refractivity contribution in [1.82, 2.24) is 0 Å². The van der Waals surface area contributed by atoms with E-state index in [-0.39, 0.29) is 17.6 Å². The average Bonchev–Trinajstić information content (AvgIpc) is 2.67. The highest BCUT2D eigenvalue weighted by atomic mass is 16.5. The molecule has 0 bridgehead atoms. The van der Waals surface area contributed by atoms with Crippen LogP contribution in [0.3, 0.4) is 0 Å². The molecule has 0 unspecified atom stereocenters. The van der Waals surface area contributed by atoms with Crippen molar-refractivity contribution >= 4 is 11.0 Å². The number of aryl methyl sites for hydroxylation is 1. The molecule has 98 valence electrons. The number of fused-ring (bicyclic) bond motifs is 3. The number of rotatable bonds is 1. The minimum atomic E-state index is -0.305. The SMILES string of the molecule is C/C=C/[C@H]1Oc2ccc3c(C)cc(=O)oc3c2[C@H]1C. The zero-order valence-electron chi connectivity index (χ0n) is 11.3. The Morgan fingerprint density at radius 1 is 1.32 bits per heavy atom. The molecule has 0 spiro atoms. The highest BCUT2D eigenvalue weighted by molar-refractivity contribution is 5.86. The molecule has 3 heteroatoms. The van der Waals surface area contributed by atoms with Gasteiger partial charge in [0.2, 0.25) is 0 Å². The molecule has 0 fully saturated rings. The lowest BCUT2D eigenvalue weighted by Gasteiger charge is -2.10. The lowest BCUT2D eigenvalue weighted by atomic mass is 9.94. The van der Waals surface area contributed by atoms with Crippen LogP contribution in [-0.2, 0) is 0 Å². The fraction of sp³-hybridized carbons (Fsp3) is 0.312. The lowest BCUT2D eigenvalue weighted by Crippen LogP contribution is -2.13. The molecule has 0 aliphatic carbocycles. The minimum Gasteiger partial charge on any atom is -0.485 e. The van der Waals surface area contributed by atoms with Crippen molar-refractivity contribution < 1.29 is 9.15 Å². The Kier molecular flexibility index (Phi) is 2.70. The third kappa shape index (κ3) is 1.77. The number of hydrogen-bond donors (Lipinski definition) is 0. The second kappa shape index (κ2) is 4.26. The van der Waals surface area contributed by atoms with Gasteiger partial charge in [-0.05, 0) is 37.6 Å². The number of ether oxygens (including phenoxy) is 1. The molecule has 1 aromatic carbocycles. The van der Waals surface area contributed by atoms with Gasteiger partial charge < -0.3 is 9.15 Å². The topological polar surface area (TPSA) is 39.4 Å². The lowest BCUT2D eigenvalue weighted by molar-refractivity contribution is 0.261. The largest absolute Gasteiger partial charge is 0.485 e. The summed E-state index contributed by atoms with van der Waals surface area (Å²) in [5.41, 5.74) is 2.30. The van der Waals surface area contributed by atoms with Gasteiger partial charge in [0.1, 0.15) is 17.4 Å². The summed E-state index contributed by atoms with van der Waals surface area (Å²) < 4.78 is 11.3. The van der Waals surface area contributed by atoms with Crippen LogP contribution in [0.15, 0.2) is 39.6 Å². The van der Waals surface area contributed by atoms with Gasteiger partial charge in [-0.1, -0.05) is 13.0 Å². The van der Waals surface area contributed by atoms with Crippen molar-refractivity contribution in [1.29, 1.82) is 0 Å². The molecule has 2 heterocycles. The van der Waals surface area contributed by atoms with Crippen LogP contribution in [0, 0.1) is 6.92 Å². The average molecular weight is 256 g/mol. The predicted octanol–water partition coefficient (Wildman–Crippen LogP) is 3.54. The van der Waals surface area contributed by atoms with Crippen LogP contribution in [0.4, 0.5) is 0 Å². The summed E-state index contributed by atoms with van der Waals surface area (Å²) >= 11 is 0. The maximum absolute atomic E-state index is 11.6. The molecule has 0 amide bonds. The van der Waals surface area contributed by atoms with Gasteiger partial charge in [0.05, 0.1) is 0 Å². The first-order chi connectivity index (χ1) is 9.11. The molecular weight excluding hydrogens is 240 g/mol. The normalized spacial score (nSPS) is 21.8. The van der Waals surface area contributed by atoms with E-state index in [1.54, 1.807) is 0 Å². The van der Waals surface area contributed by atoms with E-state index in [0.29, 0.717) is 5.58 Å². The van der Waals surface area contributed by atoms with Gasteiger partial charge in [-0.3, -0.25) is 0 Å². The van der Waals surface area contributed by atoms with Crippen molar-refractivity contribution in [2.24, 2.45) is 0 Å². The quantitative estimate of drug-likeness (QED) is 0.578. The standard InChI is InChI=1S/C16H16O3/c1-4-5-12-10(3)15-13(18-12)7-6-11-9(2)8-14(17)19-16(11)15/h4-8,10,12H,1-3H3/b5-4+/t10-,12+/m0/s1. The summed E-state index contributed by atoms with van der Waals surface area (Å²) in [6.07, 6.45) is 4.03. The first-order valence-electron chi connectivity index (χ1n) is 6.48. The Morgan fingerprint density at radius 2 is 2.11 bits per heavy atom. The van der Waals surface area contributed by atoms with E-state index < -0.39 is 0 Å². The summed E-state index contributed by atoms with van der Waals surface area (Å²) in [5, 5.41) is 0.981. The molecule has 19 heavy (non-hydrogen) atoms. The minimum absolute atomic E-state index is 0.0106. The highest BCUT2D eigenvalue weighted by Gasteiger charge is 2.32. The van der Waals surface area contributed by atoms with Gasteiger partial charge in [-0.25, -0.2) is 4.79 Å². The molecule has 0 saturated carbocycles. The van der Waals surface area contributed by atoms with Crippen LogP contribution in [0.2, 0.25) is 0 Å². The number of benzene rings is 1. The van der Waals surface area contributed by atoms with Gasteiger partial charge in [0.15, 0.2) is 0 Å². The predicted molar refractivity (Wildman–Crippen MR) is 74.9 cm³/mol. The molecular formula is C16H16O3. The molecule has 1 aromatic heterocycles. The van der Waals surface area contributed by atoms with Gasteiger partial charge in [-0.2, -0.15) is 0 Å². The molecule has 1 aliphatic rings. The molecule has 2 aromatic rings. The van der Waals surface area contributed by atoms with E-state index in [2.05, 4.69) is 6.92 Å². The monoisotopic (exact) mass is 256 g/mol. The van der Waals surface area contributed by atoms with Crippen molar-refractivity contribution in [2.45, 2.75) is 32.8 Å². The van der Waals surface area contributed by atoms with E-state index in [4.69, 9.17) is 9.15 Å². The first kappa shape index (κ1) is 12.0. The summed E-state index contributed by atoms with van der Waals surface area (Å²) in [7, 11) is 0. The maximum Gasteiger partial charge on any atom is 0.336 e. The van der Waals surface area contributed by atoms with E-state index in [0.717, 1.165) is 22.3 Å². The fourth-order valence-electron chi connectivity index (χ4n) is 2.73. The van der Waals surface area contributed by atoms with Crippen LogP contribution in [0.25, 0.3) is 11.0 Å². The number of hydrogen-bond acceptors (Lipinski definition) is 3. The molecule has 0 N–H and O–H groups in total. The van der Waals surface area contributed by atoms with Gasteiger partial charge in [-0.15, -0.1) is 0 Å². The van der Waals surface area contributed by atoms with Gasteiger partial charge in [0, 0.05) is 22.9 Å². The molecule has 2 atom stereocenters. The Hall–Kier alpha value is -2.03. The molecule has 1 aliphatic heterocycles. The maximum atomic E-state index is 11.6. The summed E-state index contributed by atoms with van der Waals surface area (Å²) in [6, 6.07) is 5.44. The third-order valence-electron chi connectivity index (χ3n) is 3.71. The van der Waals surface area contributed by atoms with Crippen LogP contribution in [0.1, 0.15) is 30.9 Å². The second-order valence-electron chi connectivity index (χ2n) is 5.00. The summed E-state index contributed by atoms with van der Waals surface area (Å²) in [6.45, 7) is 6.00. The Bertz CT molecular complexity index is 725. The zero-order chi connectivity index (χ0) is 13.6. The summed E-state index contributed by atoms with van der Waals surface area (Å²) in [4.78, 5) is 11.6. The van der Waals surface area contributed by atoms with E-state index in [9.17, 15) is 4.79 Å². The Morgan fingerprint density at radius 3 is 2.84 bits per heavy atom. The first-order valence-corrected chi connectivity index (χ1v) is 6.48. The van der Waals surface area contributed by atoms with Crippen molar-refractivity contribution in [3.05, 3.63) is 51.9 Å². The van der Waals surface area contributed by atoms with Crippen LogP contribution < -0.4 is 10.4 Å². The van der Waals surface area contributed by atoms with Crippen molar-refractivity contribution in [3.8, 4) is 5.75 Å². The van der Waals surface area contributed by atoms with Gasteiger partial charge in [0.25, 0.3) is 0 Å². The Labute approximate surface area is 111 Å². The second-order valence-corrected chi connectivity index (χ2v) is 5.00. The highest BCUT2D eigenvalue weighted by Crippen LogP contribution is 2.43. The smallest absolute Gasteiger partial charge is 0.336 e. The fourth-order valence-corrected chi connectivity index (χ4v) is 2.73. The van der Waals surface area contributed by atoms with Crippen LogP contribution in [-0.4, -0.2) is 6.10 Å². The van der Waals surface area contributed by atoms with Gasteiger partial charge >= 0.3 is 5.63 Å². The van der Waals surface area contributed by atoms with E-state index >= 15 is 0 Å². The van der Waals surface area contributed by atoms with Crippen LogP contribution in [0.5, 0.6) is 5.75 Å². The van der Waals surface area contributed by atoms with E-state index in [1.807, 2.05) is 38.1 Å². The van der Waals surface area contributed by atoms with Crippen LogP contribution >= 0.6 is 0 Å². The Balaban J connectivity index is 2.29. The zero-order valence-corrected chi connectivity index (χ0v) is 11.3. The van der Waals surface area contributed by atoms with Crippen molar-refractivity contribution in [2.75, 3.05) is 0 Å². The molecule has 0 saturated heterocycles. The van der Waals surface area contributed by atoms with Crippen molar-refractivity contribution in [3.63, 3.8) is 0 Å². The summed E-state index contributed by atoms with van der Waals surface area (Å²) in [5.74, 6) is 0.997. The number of allylic oxidation sites excluding steroid dienone is 1. The molecule has 3 nitrogen and oxygen atoms in total.